The van der Waals surface area contributed by atoms with Crippen molar-refractivity contribution in [3.63, 3.8) is 0 Å². The fourth-order valence-corrected chi connectivity index (χ4v) is 2.21. The third-order valence-corrected chi connectivity index (χ3v) is 3.51. The van der Waals surface area contributed by atoms with Gasteiger partial charge in [-0.2, -0.15) is 0 Å². The quantitative estimate of drug-likeness (QED) is 0.911. The van der Waals surface area contributed by atoms with Crippen LogP contribution in [0.2, 0.25) is 0 Å². The summed E-state index contributed by atoms with van der Waals surface area (Å²) in [7, 11) is 1.97. The number of rotatable bonds is 5. The molecule has 108 valence electrons. The van der Waals surface area contributed by atoms with E-state index in [-0.39, 0.29) is 0 Å². The second kappa shape index (κ2) is 6.20. The third kappa shape index (κ3) is 3.68. The summed E-state index contributed by atoms with van der Waals surface area (Å²) in [4.78, 5) is 2.04. The highest BCUT2D eigenvalue weighted by Crippen LogP contribution is 2.18. The predicted octanol–water partition coefficient (Wildman–Crippen LogP) is 2.77. The molecule has 0 saturated heterocycles. The van der Waals surface area contributed by atoms with Gasteiger partial charge in [0, 0.05) is 19.2 Å². The van der Waals surface area contributed by atoms with Crippen LogP contribution in [0.3, 0.4) is 0 Å². The summed E-state index contributed by atoms with van der Waals surface area (Å²) in [6.45, 7) is 7.24. The number of hydrogen-bond donors (Lipinski definition) is 1. The fraction of sp³-hybridized carbons (Fsp3) is 0.438. The molecular formula is C16H22N2O2. The van der Waals surface area contributed by atoms with Crippen LogP contribution >= 0.6 is 0 Å². The van der Waals surface area contributed by atoms with Crippen molar-refractivity contribution >= 4 is 0 Å². The molecule has 2 aromatic rings. The second-order valence-electron chi connectivity index (χ2n) is 5.49. The molecule has 0 saturated carbocycles. The lowest BCUT2D eigenvalue weighted by atomic mass is 10.0. The summed E-state index contributed by atoms with van der Waals surface area (Å²) in [5.41, 5.74) is 4.29. The summed E-state index contributed by atoms with van der Waals surface area (Å²) in [5.74, 6) is 0.808. The maximum atomic E-state index is 10.3. The molecule has 0 unspecified atom stereocenters. The molecule has 0 spiro atoms. The number of aliphatic hydroxyl groups excluding tert-OH is 1. The zero-order valence-electron chi connectivity index (χ0n) is 12.6. The Morgan fingerprint density at radius 3 is 2.55 bits per heavy atom. The Labute approximate surface area is 120 Å². The number of likely N-dealkylation sites (N-methyl/N-ethyl adjacent to an activating group) is 1. The molecule has 0 aliphatic carbocycles. The molecule has 0 amide bonds. The maximum absolute atomic E-state index is 10.3. The number of aryl methyl sites for hydroxylation is 3. The summed E-state index contributed by atoms with van der Waals surface area (Å²) in [5, 5.41) is 14.3. The van der Waals surface area contributed by atoms with Crippen molar-refractivity contribution in [3.8, 4) is 0 Å². The zero-order valence-corrected chi connectivity index (χ0v) is 12.6. The average molecular weight is 274 g/mol. The highest BCUT2D eigenvalue weighted by atomic mass is 16.5. The molecule has 4 nitrogen and oxygen atoms in total. The molecule has 4 heteroatoms. The molecule has 1 aromatic carbocycles. The zero-order chi connectivity index (χ0) is 14.7. The molecule has 1 atom stereocenters. The van der Waals surface area contributed by atoms with Crippen molar-refractivity contribution in [2.45, 2.75) is 33.4 Å². The van der Waals surface area contributed by atoms with Gasteiger partial charge in [-0.05, 0) is 44.5 Å². The second-order valence-corrected chi connectivity index (χ2v) is 5.49. The van der Waals surface area contributed by atoms with E-state index < -0.39 is 6.10 Å². The van der Waals surface area contributed by atoms with E-state index in [0.717, 1.165) is 17.0 Å². The smallest absolute Gasteiger partial charge is 0.133 e. The Morgan fingerprint density at radius 1 is 1.20 bits per heavy atom. The average Bonchev–Trinajstić information content (AvgIpc) is 2.77. The van der Waals surface area contributed by atoms with Gasteiger partial charge in [0.05, 0.1) is 11.8 Å². The van der Waals surface area contributed by atoms with E-state index in [0.29, 0.717) is 13.1 Å². The van der Waals surface area contributed by atoms with Gasteiger partial charge in [0.25, 0.3) is 0 Å². The normalized spacial score (nSPS) is 12.9. The summed E-state index contributed by atoms with van der Waals surface area (Å²) >= 11 is 0. The molecule has 0 bridgehead atoms. The first kappa shape index (κ1) is 14.8. The summed E-state index contributed by atoms with van der Waals surface area (Å²) in [6.07, 6.45) is -0.493. The van der Waals surface area contributed by atoms with Gasteiger partial charge in [-0.25, -0.2) is 0 Å². The number of aliphatic hydroxyl groups is 1. The number of aromatic nitrogens is 1. The van der Waals surface area contributed by atoms with Gasteiger partial charge in [0.15, 0.2) is 0 Å². The molecule has 0 radical (unpaired) electrons. The Kier molecular flexibility index (Phi) is 4.57. The van der Waals surface area contributed by atoms with E-state index in [1.54, 1.807) is 0 Å². The monoisotopic (exact) mass is 274 g/mol. The highest BCUT2D eigenvalue weighted by molar-refractivity contribution is 5.31. The molecule has 1 aromatic heterocycles. The van der Waals surface area contributed by atoms with Gasteiger partial charge in [-0.15, -0.1) is 0 Å². The molecule has 0 aliphatic rings. The van der Waals surface area contributed by atoms with E-state index in [9.17, 15) is 5.11 Å². The van der Waals surface area contributed by atoms with Gasteiger partial charge in [-0.3, -0.25) is 4.90 Å². The van der Waals surface area contributed by atoms with Gasteiger partial charge in [0.2, 0.25) is 0 Å². The van der Waals surface area contributed by atoms with E-state index in [1.807, 2.05) is 37.1 Å². The van der Waals surface area contributed by atoms with Crippen LogP contribution in [0.25, 0.3) is 0 Å². The Hall–Kier alpha value is -1.65. The minimum absolute atomic E-state index is 0.493. The number of benzene rings is 1. The Balaban J connectivity index is 1.96. The van der Waals surface area contributed by atoms with Gasteiger partial charge in [-0.1, -0.05) is 23.4 Å². The molecule has 20 heavy (non-hydrogen) atoms. The van der Waals surface area contributed by atoms with E-state index in [2.05, 4.69) is 25.1 Å². The van der Waals surface area contributed by atoms with Crippen LogP contribution < -0.4 is 0 Å². The minimum Gasteiger partial charge on any atom is -0.387 e. The van der Waals surface area contributed by atoms with Crippen LogP contribution in [0, 0.1) is 20.8 Å². The molecule has 0 aliphatic heterocycles. The standard InChI is InChI=1S/C16H22N2O2/c1-11-5-6-14(7-12(11)2)16(19)10-18(4)9-15-8-13(3)20-17-15/h5-8,16,19H,9-10H2,1-4H3/t16-/m1/s1. The van der Waals surface area contributed by atoms with Crippen LogP contribution in [0.1, 0.15) is 34.2 Å². The van der Waals surface area contributed by atoms with Gasteiger partial charge < -0.3 is 9.63 Å². The van der Waals surface area contributed by atoms with Crippen LogP contribution in [0.5, 0.6) is 0 Å². The highest BCUT2D eigenvalue weighted by Gasteiger charge is 2.13. The fourth-order valence-electron chi connectivity index (χ4n) is 2.21. The van der Waals surface area contributed by atoms with Crippen LogP contribution in [0.4, 0.5) is 0 Å². The first-order valence-corrected chi connectivity index (χ1v) is 6.81. The van der Waals surface area contributed by atoms with Gasteiger partial charge >= 0.3 is 0 Å². The topological polar surface area (TPSA) is 49.5 Å². The van der Waals surface area contributed by atoms with Crippen molar-refractivity contribution < 1.29 is 9.63 Å². The van der Waals surface area contributed by atoms with Crippen LogP contribution in [-0.2, 0) is 6.54 Å². The molecule has 2 rings (SSSR count). The van der Waals surface area contributed by atoms with Crippen molar-refractivity contribution in [1.82, 2.24) is 10.1 Å². The molecule has 1 heterocycles. The predicted molar refractivity (Wildman–Crippen MR) is 78.4 cm³/mol. The maximum Gasteiger partial charge on any atom is 0.133 e. The largest absolute Gasteiger partial charge is 0.387 e. The Bertz CT molecular complexity index is 578. The van der Waals surface area contributed by atoms with Crippen LogP contribution in [0.15, 0.2) is 28.8 Å². The minimum atomic E-state index is -0.493. The first-order valence-electron chi connectivity index (χ1n) is 6.81. The molecular weight excluding hydrogens is 252 g/mol. The van der Waals surface area contributed by atoms with Crippen molar-refractivity contribution in [1.29, 1.82) is 0 Å². The van der Waals surface area contributed by atoms with E-state index in [1.165, 1.54) is 11.1 Å². The SMILES string of the molecule is Cc1cc(CN(C)C[C@@H](O)c2ccc(C)c(C)c2)no1. The van der Waals surface area contributed by atoms with E-state index >= 15 is 0 Å². The molecule has 0 fully saturated rings. The van der Waals surface area contributed by atoms with Gasteiger partial charge in [0.1, 0.15) is 5.76 Å². The van der Waals surface area contributed by atoms with Crippen LogP contribution in [-0.4, -0.2) is 28.8 Å². The van der Waals surface area contributed by atoms with E-state index in [4.69, 9.17) is 4.52 Å². The lowest BCUT2D eigenvalue weighted by Gasteiger charge is -2.20. The third-order valence-electron chi connectivity index (χ3n) is 3.51. The first-order chi connectivity index (χ1) is 9.45. The summed E-state index contributed by atoms with van der Waals surface area (Å²) in [6, 6.07) is 8.00. The Morgan fingerprint density at radius 2 is 1.95 bits per heavy atom. The van der Waals surface area contributed by atoms with Crippen molar-refractivity contribution in [2.75, 3.05) is 13.6 Å². The molecule has 1 N–H and O–H groups in total. The lowest BCUT2D eigenvalue weighted by Crippen LogP contribution is -2.24. The van der Waals surface area contributed by atoms with Crippen molar-refractivity contribution in [3.05, 3.63) is 52.4 Å². The van der Waals surface area contributed by atoms with Crippen molar-refractivity contribution in [2.24, 2.45) is 0 Å². The number of nitrogens with zero attached hydrogens (tertiary/aromatic N) is 2. The number of hydrogen-bond acceptors (Lipinski definition) is 4. The summed E-state index contributed by atoms with van der Waals surface area (Å²) < 4.78 is 5.04. The lowest BCUT2D eigenvalue weighted by molar-refractivity contribution is 0.122.